The third kappa shape index (κ3) is 3.74. The minimum atomic E-state index is 0.788. The molecule has 0 heterocycles. The summed E-state index contributed by atoms with van der Waals surface area (Å²) in [5.74, 6) is 0. The Labute approximate surface area is 135 Å². The van der Waals surface area contributed by atoms with Crippen LogP contribution in [0.3, 0.4) is 0 Å². The van der Waals surface area contributed by atoms with Crippen molar-refractivity contribution in [1.29, 1.82) is 0 Å². The summed E-state index contributed by atoms with van der Waals surface area (Å²) < 4.78 is 1.08. The third-order valence-corrected chi connectivity index (χ3v) is 4.43. The first-order chi connectivity index (χ1) is 9.11. The molecule has 0 unspecified atom stereocenters. The van der Waals surface area contributed by atoms with Crippen LogP contribution >= 0.6 is 43.5 Å². The molecule has 0 aliphatic rings. The molecule has 100 valence electrons. The van der Waals surface area contributed by atoms with Gasteiger partial charge in [0.25, 0.3) is 0 Å². The van der Waals surface area contributed by atoms with Gasteiger partial charge in [0.2, 0.25) is 0 Å². The summed E-state index contributed by atoms with van der Waals surface area (Å²) in [7, 11) is 2.08. The topological polar surface area (TPSA) is 3.24 Å². The molecule has 2 aromatic rings. The van der Waals surface area contributed by atoms with E-state index in [-0.39, 0.29) is 0 Å². The van der Waals surface area contributed by atoms with Crippen molar-refractivity contribution in [3.8, 4) is 0 Å². The van der Waals surface area contributed by atoms with Crippen LogP contribution in [0, 0.1) is 0 Å². The highest BCUT2D eigenvalue weighted by molar-refractivity contribution is 9.10. The highest BCUT2D eigenvalue weighted by Gasteiger charge is 2.09. The van der Waals surface area contributed by atoms with Gasteiger partial charge in [-0.2, -0.15) is 0 Å². The Morgan fingerprint density at radius 3 is 2.53 bits per heavy atom. The van der Waals surface area contributed by atoms with Crippen molar-refractivity contribution in [3.63, 3.8) is 0 Å². The second-order valence-electron chi connectivity index (χ2n) is 4.35. The van der Waals surface area contributed by atoms with Crippen LogP contribution in [0.25, 0.3) is 0 Å². The Morgan fingerprint density at radius 1 is 1.11 bits per heavy atom. The number of alkyl halides is 1. The van der Waals surface area contributed by atoms with E-state index in [1.165, 1.54) is 11.3 Å². The molecule has 0 saturated heterocycles. The van der Waals surface area contributed by atoms with Gasteiger partial charge in [-0.25, -0.2) is 0 Å². The number of benzene rings is 2. The van der Waals surface area contributed by atoms with Crippen molar-refractivity contribution in [3.05, 3.63) is 63.1 Å². The van der Waals surface area contributed by atoms with Crippen molar-refractivity contribution in [2.75, 3.05) is 11.9 Å². The van der Waals surface area contributed by atoms with Gasteiger partial charge in [-0.15, -0.1) is 0 Å². The molecule has 2 aromatic carbocycles. The highest BCUT2D eigenvalue weighted by atomic mass is 79.9. The molecule has 19 heavy (non-hydrogen) atoms. The summed E-state index contributed by atoms with van der Waals surface area (Å²) in [6.45, 7) is 0.788. The summed E-state index contributed by atoms with van der Waals surface area (Å²) in [4.78, 5) is 2.21. The zero-order valence-electron chi connectivity index (χ0n) is 10.5. The van der Waals surface area contributed by atoms with Crippen molar-refractivity contribution < 1.29 is 0 Å². The maximum atomic E-state index is 6.22. The molecule has 0 aromatic heterocycles. The van der Waals surface area contributed by atoms with Gasteiger partial charge in [0.05, 0.1) is 0 Å². The van der Waals surface area contributed by atoms with E-state index >= 15 is 0 Å². The summed E-state index contributed by atoms with van der Waals surface area (Å²) >= 11 is 13.3. The summed E-state index contributed by atoms with van der Waals surface area (Å²) in [5.41, 5.74) is 3.59. The fourth-order valence-corrected chi connectivity index (χ4v) is 2.99. The average Bonchev–Trinajstić information content (AvgIpc) is 2.41. The number of hydrogen-bond acceptors (Lipinski definition) is 1. The fraction of sp³-hybridized carbons (Fsp3) is 0.200. The second kappa shape index (κ2) is 6.78. The molecule has 0 bridgehead atoms. The maximum Gasteiger partial charge on any atom is 0.0455 e. The van der Waals surface area contributed by atoms with E-state index in [1.54, 1.807) is 0 Å². The Balaban J connectivity index is 2.27. The molecular weight excluding hydrogens is 389 g/mol. The van der Waals surface area contributed by atoms with Gasteiger partial charge in [-0.05, 0) is 29.3 Å². The lowest BCUT2D eigenvalue weighted by atomic mass is 10.1. The van der Waals surface area contributed by atoms with Crippen LogP contribution in [-0.4, -0.2) is 7.05 Å². The first-order valence-corrected chi connectivity index (χ1v) is 8.20. The quantitative estimate of drug-likeness (QED) is 0.598. The molecule has 0 aliphatic carbocycles. The minimum absolute atomic E-state index is 0.788. The van der Waals surface area contributed by atoms with Crippen LogP contribution in [0.15, 0.2) is 46.9 Å². The third-order valence-electron chi connectivity index (χ3n) is 2.97. The van der Waals surface area contributed by atoms with Gasteiger partial charge in [0.1, 0.15) is 0 Å². The molecule has 0 spiro atoms. The molecule has 1 nitrogen and oxygen atoms in total. The molecule has 0 radical (unpaired) electrons. The molecule has 4 heteroatoms. The Kier molecular flexibility index (Phi) is 5.31. The predicted molar refractivity (Wildman–Crippen MR) is 90.3 cm³/mol. The van der Waals surface area contributed by atoms with Crippen LogP contribution in [0.5, 0.6) is 0 Å². The fourth-order valence-electron chi connectivity index (χ4n) is 1.97. The van der Waals surface area contributed by atoms with E-state index in [0.29, 0.717) is 0 Å². The summed E-state index contributed by atoms with van der Waals surface area (Å²) in [5, 5.41) is 1.65. The second-order valence-corrected chi connectivity index (χ2v) is 6.24. The monoisotopic (exact) mass is 401 g/mol. The first-order valence-electron chi connectivity index (χ1n) is 5.90. The Morgan fingerprint density at radius 2 is 1.84 bits per heavy atom. The van der Waals surface area contributed by atoms with Gasteiger partial charge in [-0.3, -0.25) is 0 Å². The van der Waals surface area contributed by atoms with E-state index in [0.717, 1.165) is 26.9 Å². The Hall–Kier alpha value is -0.510. The lowest BCUT2D eigenvalue weighted by molar-refractivity contribution is 0.916. The Bertz CT molecular complexity index is 572. The van der Waals surface area contributed by atoms with E-state index < -0.39 is 0 Å². The number of anilines is 1. The van der Waals surface area contributed by atoms with Crippen LogP contribution in [0.1, 0.15) is 11.1 Å². The van der Waals surface area contributed by atoms with E-state index in [2.05, 4.69) is 68.1 Å². The number of nitrogens with zero attached hydrogens (tertiary/aromatic N) is 1. The molecule has 2 rings (SSSR count). The number of rotatable bonds is 4. The van der Waals surface area contributed by atoms with Gasteiger partial charge < -0.3 is 4.90 Å². The molecule has 0 N–H and O–H groups in total. The standard InChI is InChI=1S/C15H14Br2ClN/c1-19(10-12-4-2-3-5-14(12)18)15-8-13(17)7-6-11(15)9-16/h2-8H,9-10H2,1H3. The highest BCUT2D eigenvalue weighted by Crippen LogP contribution is 2.28. The number of halogens is 3. The summed E-state index contributed by atoms with van der Waals surface area (Å²) in [6.07, 6.45) is 0. The predicted octanol–water partition coefficient (Wildman–Crippen LogP) is 5.63. The zero-order chi connectivity index (χ0) is 13.8. The summed E-state index contributed by atoms with van der Waals surface area (Å²) in [6, 6.07) is 14.3. The maximum absolute atomic E-state index is 6.22. The van der Waals surface area contributed by atoms with Gasteiger partial charge in [0, 0.05) is 34.1 Å². The van der Waals surface area contributed by atoms with Crippen molar-refractivity contribution in [2.24, 2.45) is 0 Å². The lowest BCUT2D eigenvalue weighted by Crippen LogP contribution is -2.18. The lowest BCUT2D eigenvalue weighted by Gasteiger charge is -2.23. The van der Waals surface area contributed by atoms with Crippen molar-refractivity contribution in [1.82, 2.24) is 0 Å². The average molecular weight is 404 g/mol. The van der Waals surface area contributed by atoms with Gasteiger partial charge in [-0.1, -0.05) is 67.7 Å². The van der Waals surface area contributed by atoms with E-state index in [1.807, 2.05) is 18.2 Å². The molecule has 0 aliphatic heterocycles. The zero-order valence-corrected chi connectivity index (χ0v) is 14.5. The van der Waals surface area contributed by atoms with Crippen LogP contribution < -0.4 is 4.90 Å². The van der Waals surface area contributed by atoms with Crippen molar-refractivity contribution >= 4 is 49.1 Å². The molecule has 0 amide bonds. The van der Waals surface area contributed by atoms with Crippen LogP contribution in [-0.2, 0) is 11.9 Å². The van der Waals surface area contributed by atoms with Crippen LogP contribution in [0.2, 0.25) is 5.02 Å². The molecule has 0 atom stereocenters. The smallest absolute Gasteiger partial charge is 0.0455 e. The van der Waals surface area contributed by atoms with Gasteiger partial charge >= 0.3 is 0 Å². The van der Waals surface area contributed by atoms with Crippen molar-refractivity contribution in [2.45, 2.75) is 11.9 Å². The van der Waals surface area contributed by atoms with Crippen LogP contribution in [0.4, 0.5) is 5.69 Å². The molecular formula is C15H14Br2ClN. The SMILES string of the molecule is CN(Cc1ccccc1Cl)c1cc(Br)ccc1CBr. The van der Waals surface area contributed by atoms with Gasteiger partial charge in [0.15, 0.2) is 0 Å². The minimum Gasteiger partial charge on any atom is -0.370 e. The largest absolute Gasteiger partial charge is 0.370 e. The number of hydrogen-bond donors (Lipinski definition) is 0. The molecule has 0 fully saturated rings. The van der Waals surface area contributed by atoms with E-state index in [4.69, 9.17) is 11.6 Å². The normalized spacial score (nSPS) is 10.5. The first kappa shape index (κ1) is 14.9. The van der Waals surface area contributed by atoms with E-state index in [9.17, 15) is 0 Å². The molecule has 0 saturated carbocycles.